The summed E-state index contributed by atoms with van der Waals surface area (Å²) in [5, 5.41) is 15.1. The lowest BCUT2D eigenvalue weighted by Gasteiger charge is -2.26. The second-order valence-electron chi connectivity index (χ2n) is 7.47. The van der Waals surface area contributed by atoms with Crippen LogP contribution in [0.3, 0.4) is 0 Å². The lowest BCUT2D eigenvalue weighted by atomic mass is 9.87. The van der Waals surface area contributed by atoms with Crippen molar-refractivity contribution in [3.8, 4) is 5.75 Å². The molecule has 3 rings (SSSR count). The van der Waals surface area contributed by atoms with Crippen LogP contribution in [0.15, 0.2) is 48.5 Å². The van der Waals surface area contributed by atoms with Crippen molar-refractivity contribution in [3.63, 3.8) is 0 Å². The molecule has 0 bridgehead atoms. The van der Waals surface area contributed by atoms with Crippen molar-refractivity contribution < 1.29 is 24.2 Å². The first-order chi connectivity index (χ1) is 14.9. The molecule has 31 heavy (non-hydrogen) atoms. The summed E-state index contributed by atoms with van der Waals surface area (Å²) in [6.07, 6.45) is 2.66. The highest BCUT2D eigenvalue weighted by Crippen LogP contribution is 2.28. The van der Waals surface area contributed by atoms with Crippen molar-refractivity contribution in [2.24, 2.45) is 5.92 Å². The van der Waals surface area contributed by atoms with Crippen LogP contribution in [0.4, 0.5) is 0 Å². The van der Waals surface area contributed by atoms with E-state index < -0.39 is 5.97 Å². The van der Waals surface area contributed by atoms with Crippen molar-refractivity contribution in [2.45, 2.75) is 31.8 Å². The van der Waals surface area contributed by atoms with E-state index in [1.807, 2.05) is 0 Å². The standard InChI is InChI=1S/C23H25ClN2O5/c24-18-7-1-15(2-8-18)21(27)25-13-14-26-22(28)16-3-9-19(10-4-16)31-20-11-5-17(6-12-20)23(29)30/h1-4,7-10,17,20H,5-6,11-14H2,(H,25,27)(H,26,28)(H,29,30)/t17-,20+. The number of carboxylic acid groups (broad SMARTS) is 1. The summed E-state index contributed by atoms with van der Waals surface area (Å²) in [5.74, 6) is -0.829. The van der Waals surface area contributed by atoms with E-state index in [2.05, 4.69) is 10.6 Å². The number of halogens is 1. The molecule has 7 nitrogen and oxygen atoms in total. The molecule has 164 valence electrons. The number of carboxylic acids is 1. The fourth-order valence-corrected chi connectivity index (χ4v) is 3.59. The minimum atomic E-state index is -0.738. The Morgan fingerprint density at radius 3 is 1.81 bits per heavy atom. The topological polar surface area (TPSA) is 105 Å². The quantitative estimate of drug-likeness (QED) is 0.540. The molecular formula is C23H25ClN2O5. The van der Waals surface area contributed by atoms with Gasteiger partial charge in [-0.25, -0.2) is 0 Å². The van der Waals surface area contributed by atoms with Gasteiger partial charge in [0.1, 0.15) is 5.75 Å². The zero-order chi connectivity index (χ0) is 22.2. The molecule has 1 saturated carbocycles. The number of rotatable bonds is 8. The summed E-state index contributed by atoms with van der Waals surface area (Å²) in [6, 6.07) is 13.4. The molecule has 1 aliphatic carbocycles. The average Bonchev–Trinajstić information content (AvgIpc) is 2.78. The van der Waals surface area contributed by atoms with Gasteiger partial charge in [-0.05, 0) is 74.2 Å². The first-order valence-corrected chi connectivity index (χ1v) is 10.6. The molecule has 1 aliphatic rings. The van der Waals surface area contributed by atoms with Crippen LogP contribution >= 0.6 is 11.6 Å². The number of benzene rings is 2. The highest BCUT2D eigenvalue weighted by molar-refractivity contribution is 6.30. The largest absolute Gasteiger partial charge is 0.490 e. The molecule has 8 heteroatoms. The maximum Gasteiger partial charge on any atom is 0.306 e. The van der Waals surface area contributed by atoms with Gasteiger partial charge in [-0.3, -0.25) is 14.4 Å². The van der Waals surface area contributed by atoms with E-state index in [4.69, 9.17) is 21.4 Å². The van der Waals surface area contributed by atoms with Crippen LogP contribution in [0.2, 0.25) is 5.02 Å². The number of aliphatic carboxylic acids is 1. The van der Waals surface area contributed by atoms with Gasteiger partial charge in [0, 0.05) is 29.2 Å². The smallest absolute Gasteiger partial charge is 0.306 e. The number of hydrogen-bond acceptors (Lipinski definition) is 4. The number of carbonyl (C=O) groups is 3. The van der Waals surface area contributed by atoms with Gasteiger partial charge in [0.15, 0.2) is 0 Å². The van der Waals surface area contributed by atoms with Crippen LogP contribution in [-0.2, 0) is 4.79 Å². The molecule has 2 aromatic rings. The Balaban J connectivity index is 1.38. The maximum absolute atomic E-state index is 12.3. The van der Waals surface area contributed by atoms with Crippen LogP contribution in [0.1, 0.15) is 46.4 Å². The van der Waals surface area contributed by atoms with Crippen LogP contribution < -0.4 is 15.4 Å². The van der Waals surface area contributed by atoms with Gasteiger partial charge in [0.05, 0.1) is 12.0 Å². The Bertz CT molecular complexity index is 907. The summed E-state index contributed by atoms with van der Waals surface area (Å²) < 4.78 is 5.91. The average molecular weight is 445 g/mol. The zero-order valence-corrected chi connectivity index (χ0v) is 17.7. The van der Waals surface area contributed by atoms with Gasteiger partial charge in [-0.1, -0.05) is 11.6 Å². The molecule has 0 spiro atoms. The summed E-state index contributed by atoms with van der Waals surface area (Å²) in [7, 11) is 0. The van der Waals surface area contributed by atoms with E-state index in [1.54, 1.807) is 48.5 Å². The predicted molar refractivity (Wildman–Crippen MR) is 117 cm³/mol. The maximum atomic E-state index is 12.3. The predicted octanol–water partition coefficient (Wildman–Crippen LogP) is 3.52. The third kappa shape index (κ3) is 6.72. The molecule has 1 fully saturated rings. The molecule has 2 amide bonds. The number of nitrogens with one attached hydrogen (secondary N) is 2. The fraction of sp³-hybridized carbons (Fsp3) is 0.348. The minimum Gasteiger partial charge on any atom is -0.490 e. The number of amides is 2. The summed E-state index contributed by atoms with van der Waals surface area (Å²) >= 11 is 5.80. The molecule has 0 saturated heterocycles. The molecule has 0 heterocycles. The second-order valence-corrected chi connectivity index (χ2v) is 7.91. The Morgan fingerprint density at radius 2 is 1.32 bits per heavy atom. The molecule has 0 radical (unpaired) electrons. The minimum absolute atomic E-state index is 0.000437. The molecule has 0 aromatic heterocycles. The van der Waals surface area contributed by atoms with E-state index >= 15 is 0 Å². The van der Waals surface area contributed by atoms with Crippen molar-refractivity contribution in [1.82, 2.24) is 10.6 Å². The number of ether oxygens (including phenoxy) is 1. The van der Waals surface area contributed by atoms with Crippen molar-refractivity contribution in [3.05, 3.63) is 64.7 Å². The molecule has 0 aliphatic heterocycles. The SMILES string of the molecule is O=C(NCCNC(=O)c1ccc(O[C@H]2CC[C@@H](C(=O)O)CC2)cc1)c1ccc(Cl)cc1. The number of carbonyl (C=O) groups excluding carboxylic acids is 2. The summed E-state index contributed by atoms with van der Waals surface area (Å²) in [6.45, 7) is 0.594. The van der Waals surface area contributed by atoms with Gasteiger partial charge in [0.25, 0.3) is 11.8 Å². The van der Waals surface area contributed by atoms with E-state index in [9.17, 15) is 14.4 Å². The first-order valence-electron chi connectivity index (χ1n) is 10.2. The van der Waals surface area contributed by atoms with E-state index in [1.165, 1.54) is 0 Å². The van der Waals surface area contributed by atoms with E-state index in [0.29, 0.717) is 60.7 Å². The molecule has 0 unspecified atom stereocenters. The van der Waals surface area contributed by atoms with Gasteiger partial charge in [-0.2, -0.15) is 0 Å². The normalized spacial score (nSPS) is 18.1. The van der Waals surface area contributed by atoms with E-state index in [-0.39, 0.29) is 23.8 Å². The van der Waals surface area contributed by atoms with Gasteiger partial charge in [-0.15, -0.1) is 0 Å². The van der Waals surface area contributed by atoms with Crippen molar-refractivity contribution >= 4 is 29.4 Å². The third-order valence-corrected chi connectivity index (χ3v) is 5.50. The lowest BCUT2D eigenvalue weighted by Crippen LogP contribution is -2.34. The van der Waals surface area contributed by atoms with Gasteiger partial charge < -0.3 is 20.5 Å². The monoisotopic (exact) mass is 444 g/mol. The Morgan fingerprint density at radius 1 is 0.839 bits per heavy atom. The Labute approximate surface area is 185 Å². The highest BCUT2D eigenvalue weighted by atomic mass is 35.5. The first kappa shape index (κ1) is 22.6. The zero-order valence-electron chi connectivity index (χ0n) is 17.0. The number of hydrogen-bond donors (Lipinski definition) is 3. The van der Waals surface area contributed by atoms with Gasteiger partial charge in [0.2, 0.25) is 0 Å². The Kier molecular flexibility index (Phi) is 7.89. The van der Waals surface area contributed by atoms with Gasteiger partial charge >= 0.3 is 5.97 Å². The molecule has 3 N–H and O–H groups in total. The second kappa shape index (κ2) is 10.8. The molecular weight excluding hydrogens is 420 g/mol. The van der Waals surface area contributed by atoms with Crippen LogP contribution in [0, 0.1) is 5.92 Å². The lowest BCUT2D eigenvalue weighted by molar-refractivity contribution is -0.143. The fourth-order valence-electron chi connectivity index (χ4n) is 3.46. The summed E-state index contributed by atoms with van der Waals surface area (Å²) in [4.78, 5) is 35.3. The highest BCUT2D eigenvalue weighted by Gasteiger charge is 2.26. The van der Waals surface area contributed by atoms with Crippen molar-refractivity contribution in [2.75, 3.05) is 13.1 Å². The Hall–Kier alpha value is -3.06. The van der Waals surface area contributed by atoms with Crippen LogP contribution in [0.25, 0.3) is 0 Å². The molecule has 2 aromatic carbocycles. The van der Waals surface area contributed by atoms with Crippen molar-refractivity contribution in [1.29, 1.82) is 0 Å². The molecule has 0 atom stereocenters. The third-order valence-electron chi connectivity index (χ3n) is 5.25. The van der Waals surface area contributed by atoms with Crippen LogP contribution in [0.5, 0.6) is 5.75 Å². The van der Waals surface area contributed by atoms with E-state index in [0.717, 1.165) is 0 Å². The van der Waals surface area contributed by atoms with Crippen LogP contribution in [-0.4, -0.2) is 42.1 Å². The summed E-state index contributed by atoms with van der Waals surface area (Å²) in [5.41, 5.74) is 0.994.